The van der Waals surface area contributed by atoms with E-state index in [0.29, 0.717) is 10.6 Å². The van der Waals surface area contributed by atoms with Crippen LogP contribution in [-0.2, 0) is 12.0 Å². The number of hydrogen-bond donors (Lipinski definition) is 1. The fraction of sp³-hybridized carbons (Fsp3) is 0.556. The summed E-state index contributed by atoms with van der Waals surface area (Å²) in [5.74, 6) is 1.14. The van der Waals surface area contributed by atoms with Crippen LogP contribution in [0.5, 0.6) is 0 Å². The van der Waals surface area contributed by atoms with Crippen LogP contribution in [0.25, 0.3) is 0 Å². The summed E-state index contributed by atoms with van der Waals surface area (Å²) in [4.78, 5) is 0. The second-order valence-electron chi connectivity index (χ2n) is 3.79. The Bertz CT molecular complexity index is 327. The van der Waals surface area contributed by atoms with E-state index in [1.807, 2.05) is 6.07 Å². The highest BCUT2D eigenvalue weighted by Gasteiger charge is 2.49. The molecular weight excluding hydrogens is 174 g/mol. The van der Waals surface area contributed by atoms with Crippen molar-refractivity contribution in [2.75, 3.05) is 6.54 Å². The van der Waals surface area contributed by atoms with Gasteiger partial charge in [-0.05, 0) is 24.4 Å². The molecule has 2 nitrogen and oxygen atoms in total. The van der Waals surface area contributed by atoms with Gasteiger partial charge in [0.15, 0.2) is 5.22 Å². The minimum atomic E-state index is 0.320. The lowest BCUT2D eigenvalue weighted by Crippen LogP contribution is -2.32. The zero-order valence-corrected chi connectivity index (χ0v) is 7.45. The van der Waals surface area contributed by atoms with Gasteiger partial charge in [0.05, 0.1) is 0 Å². The van der Waals surface area contributed by atoms with Crippen molar-refractivity contribution < 1.29 is 4.42 Å². The van der Waals surface area contributed by atoms with E-state index in [2.05, 4.69) is 5.32 Å². The summed E-state index contributed by atoms with van der Waals surface area (Å²) < 4.78 is 5.51. The molecule has 1 aromatic rings. The summed E-state index contributed by atoms with van der Waals surface area (Å²) in [6.07, 6.45) is 2.49. The average Bonchev–Trinajstić information content (AvgIpc) is 2.68. The molecule has 0 atom stereocenters. The number of furan rings is 1. The number of hydrogen-bond acceptors (Lipinski definition) is 2. The standard InChI is InChI=1S/C9H10ClNO/c10-7-3-6-4-11-5-9(1-2-9)8(6)12-7/h3,11H,1-2,4-5H2. The summed E-state index contributed by atoms with van der Waals surface area (Å²) in [6, 6.07) is 1.93. The molecule has 1 aliphatic heterocycles. The lowest BCUT2D eigenvalue weighted by atomic mass is 9.96. The molecule has 0 amide bonds. The Morgan fingerprint density at radius 1 is 1.50 bits per heavy atom. The quantitative estimate of drug-likeness (QED) is 0.666. The lowest BCUT2D eigenvalue weighted by molar-refractivity contribution is 0.405. The van der Waals surface area contributed by atoms with E-state index in [-0.39, 0.29) is 0 Å². The highest BCUT2D eigenvalue weighted by atomic mass is 35.5. The van der Waals surface area contributed by atoms with Crippen molar-refractivity contribution in [3.63, 3.8) is 0 Å². The van der Waals surface area contributed by atoms with Crippen molar-refractivity contribution in [1.29, 1.82) is 0 Å². The first-order valence-electron chi connectivity index (χ1n) is 4.30. The van der Waals surface area contributed by atoms with E-state index >= 15 is 0 Å². The molecule has 0 aromatic carbocycles. The smallest absolute Gasteiger partial charge is 0.193 e. The van der Waals surface area contributed by atoms with Crippen LogP contribution in [0.15, 0.2) is 10.5 Å². The third-order valence-electron chi connectivity index (χ3n) is 2.89. The van der Waals surface area contributed by atoms with Gasteiger partial charge in [0, 0.05) is 30.1 Å². The normalized spacial score (nSPS) is 24.1. The van der Waals surface area contributed by atoms with Gasteiger partial charge in [0.1, 0.15) is 5.76 Å². The van der Waals surface area contributed by atoms with Crippen molar-refractivity contribution in [2.24, 2.45) is 0 Å². The van der Waals surface area contributed by atoms with Gasteiger partial charge < -0.3 is 9.73 Å². The molecule has 0 bridgehead atoms. The van der Waals surface area contributed by atoms with Crippen LogP contribution in [-0.4, -0.2) is 6.54 Å². The van der Waals surface area contributed by atoms with E-state index in [1.54, 1.807) is 0 Å². The van der Waals surface area contributed by atoms with Crippen molar-refractivity contribution >= 4 is 11.6 Å². The van der Waals surface area contributed by atoms with Crippen LogP contribution in [0.3, 0.4) is 0 Å². The first-order valence-corrected chi connectivity index (χ1v) is 4.67. The molecular formula is C9H10ClNO. The third-order valence-corrected chi connectivity index (χ3v) is 3.08. The monoisotopic (exact) mass is 183 g/mol. The predicted molar refractivity (Wildman–Crippen MR) is 46.3 cm³/mol. The molecule has 1 saturated carbocycles. The SMILES string of the molecule is Clc1cc2c(o1)C1(CC1)CNC2. The van der Waals surface area contributed by atoms with Crippen LogP contribution in [0.4, 0.5) is 0 Å². The summed E-state index contributed by atoms with van der Waals surface area (Å²) in [7, 11) is 0. The van der Waals surface area contributed by atoms with Crippen LogP contribution in [0, 0.1) is 0 Å². The van der Waals surface area contributed by atoms with E-state index in [0.717, 1.165) is 18.8 Å². The molecule has 1 aliphatic carbocycles. The fourth-order valence-corrected chi connectivity index (χ4v) is 2.26. The molecule has 1 N–H and O–H groups in total. The molecule has 64 valence electrons. The molecule has 0 unspecified atom stereocenters. The minimum Gasteiger partial charge on any atom is -0.449 e. The van der Waals surface area contributed by atoms with Crippen molar-refractivity contribution in [1.82, 2.24) is 5.32 Å². The maximum atomic E-state index is 5.81. The highest BCUT2D eigenvalue weighted by Crippen LogP contribution is 2.51. The molecule has 3 heteroatoms. The van der Waals surface area contributed by atoms with Gasteiger partial charge in [-0.3, -0.25) is 0 Å². The Labute approximate surface area is 75.9 Å². The summed E-state index contributed by atoms with van der Waals surface area (Å²) in [5, 5.41) is 3.93. The van der Waals surface area contributed by atoms with E-state index < -0.39 is 0 Å². The fourth-order valence-electron chi connectivity index (χ4n) is 2.05. The van der Waals surface area contributed by atoms with Crippen molar-refractivity contribution in [3.8, 4) is 0 Å². The molecule has 2 heterocycles. The van der Waals surface area contributed by atoms with E-state index in [9.17, 15) is 0 Å². The Morgan fingerprint density at radius 3 is 3.08 bits per heavy atom. The van der Waals surface area contributed by atoms with E-state index in [1.165, 1.54) is 18.4 Å². The molecule has 3 rings (SSSR count). The molecule has 1 aromatic heterocycles. The predicted octanol–water partition coefficient (Wildman–Crippen LogP) is 2.07. The van der Waals surface area contributed by atoms with Gasteiger partial charge in [-0.2, -0.15) is 0 Å². The average molecular weight is 184 g/mol. The van der Waals surface area contributed by atoms with Gasteiger partial charge in [-0.15, -0.1) is 0 Å². The van der Waals surface area contributed by atoms with Crippen LogP contribution in [0.2, 0.25) is 5.22 Å². The Kier molecular flexibility index (Phi) is 1.20. The molecule has 2 aliphatic rings. The first kappa shape index (κ1) is 6.98. The van der Waals surface area contributed by atoms with Gasteiger partial charge >= 0.3 is 0 Å². The van der Waals surface area contributed by atoms with Crippen molar-refractivity contribution in [3.05, 3.63) is 22.6 Å². The molecule has 1 fully saturated rings. The van der Waals surface area contributed by atoms with Gasteiger partial charge in [-0.1, -0.05) is 0 Å². The van der Waals surface area contributed by atoms with Gasteiger partial charge in [-0.25, -0.2) is 0 Å². The summed E-state index contributed by atoms with van der Waals surface area (Å²) in [6.45, 7) is 1.97. The van der Waals surface area contributed by atoms with Crippen LogP contribution >= 0.6 is 11.6 Å². The topological polar surface area (TPSA) is 25.2 Å². The number of nitrogens with one attached hydrogen (secondary N) is 1. The van der Waals surface area contributed by atoms with Gasteiger partial charge in [0.25, 0.3) is 0 Å². The molecule has 12 heavy (non-hydrogen) atoms. The van der Waals surface area contributed by atoms with Crippen LogP contribution < -0.4 is 5.32 Å². The van der Waals surface area contributed by atoms with E-state index in [4.69, 9.17) is 16.0 Å². The van der Waals surface area contributed by atoms with Crippen LogP contribution in [0.1, 0.15) is 24.2 Å². The Balaban J connectivity index is 2.15. The van der Waals surface area contributed by atoms with Gasteiger partial charge in [0.2, 0.25) is 0 Å². The summed E-state index contributed by atoms with van der Waals surface area (Å²) >= 11 is 5.81. The number of fused-ring (bicyclic) bond motifs is 2. The Morgan fingerprint density at radius 2 is 2.33 bits per heavy atom. The highest BCUT2D eigenvalue weighted by molar-refractivity contribution is 6.28. The van der Waals surface area contributed by atoms with Crippen molar-refractivity contribution in [2.45, 2.75) is 24.8 Å². The Hall–Kier alpha value is -0.470. The summed E-state index contributed by atoms with van der Waals surface area (Å²) in [5.41, 5.74) is 1.57. The number of rotatable bonds is 0. The minimum absolute atomic E-state index is 0.320. The first-order chi connectivity index (χ1) is 5.80. The molecule has 0 saturated heterocycles. The third kappa shape index (κ3) is 0.795. The zero-order valence-electron chi connectivity index (χ0n) is 6.69. The maximum Gasteiger partial charge on any atom is 0.193 e. The number of halogens is 1. The molecule has 0 radical (unpaired) electrons. The second-order valence-corrected chi connectivity index (χ2v) is 4.16. The maximum absolute atomic E-state index is 5.81. The lowest BCUT2D eigenvalue weighted by Gasteiger charge is -2.20. The largest absolute Gasteiger partial charge is 0.449 e. The zero-order chi connectivity index (χ0) is 8.18. The molecule has 1 spiro atoms. The second kappa shape index (κ2) is 2.06.